The van der Waals surface area contributed by atoms with Gasteiger partial charge in [0.25, 0.3) is 5.56 Å². The average Bonchev–Trinajstić information content (AvgIpc) is 3.15. The molecule has 1 atom stereocenters. The summed E-state index contributed by atoms with van der Waals surface area (Å²) in [5.41, 5.74) is -0.0879. The summed E-state index contributed by atoms with van der Waals surface area (Å²) in [5, 5.41) is 8.46. The Morgan fingerprint density at radius 1 is 1.30 bits per heavy atom. The Morgan fingerprint density at radius 3 is 2.79 bits per heavy atom. The van der Waals surface area contributed by atoms with Gasteiger partial charge in [0.1, 0.15) is 18.3 Å². The number of hydrogen-bond acceptors (Lipinski definition) is 8. The van der Waals surface area contributed by atoms with E-state index in [2.05, 4.69) is 20.4 Å². The van der Waals surface area contributed by atoms with Gasteiger partial charge in [0.05, 0.1) is 43.1 Å². The van der Waals surface area contributed by atoms with E-state index in [1.54, 1.807) is 22.0 Å². The molecule has 2 amide bonds. The number of ether oxygens (including phenoxy) is 1. The third-order valence-corrected chi connectivity index (χ3v) is 5.21. The van der Waals surface area contributed by atoms with E-state index < -0.39 is 29.3 Å². The molecule has 2 aliphatic rings. The van der Waals surface area contributed by atoms with E-state index >= 15 is 0 Å². The monoisotopic (exact) mass is 459 g/mol. The molecule has 12 nitrogen and oxygen atoms in total. The number of H-pyrrole nitrogens is 2. The van der Waals surface area contributed by atoms with Crippen LogP contribution in [-0.2, 0) is 16.1 Å². The minimum atomic E-state index is -0.607. The zero-order valence-corrected chi connectivity index (χ0v) is 17.7. The Labute approximate surface area is 186 Å². The number of carbonyl (C=O) groups excluding carboxylic acids is 2. The number of carbonyl (C=O) groups is 2. The van der Waals surface area contributed by atoms with Gasteiger partial charge in [0.2, 0.25) is 5.91 Å². The maximum atomic E-state index is 14.9. The molecule has 0 bridgehead atoms. The van der Waals surface area contributed by atoms with Crippen LogP contribution in [0.2, 0.25) is 0 Å². The van der Waals surface area contributed by atoms with E-state index in [0.717, 1.165) is 0 Å². The average molecular weight is 459 g/mol. The van der Waals surface area contributed by atoms with E-state index in [1.165, 1.54) is 30.4 Å². The molecule has 0 saturated carbocycles. The Kier molecular flexibility index (Phi) is 6.11. The predicted octanol–water partition coefficient (Wildman–Crippen LogP) is -0.0709. The number of amides is 2. The lowest BCUT2D eigenvalue weighted by Crippen LogP contribution is -2.39. The van der Waals surface area contributed by atoms with Gasteiger partial charge >= 0.3 is 11.8 Å². The van der Waals surface area contributed by atoms with Crippen LogP contribution in [-0.4, -0.2) is 65.6 Å². The van der Waals surface area contributed by atoms with Crippen molar-refractivity contribution < 1.29 is 18.7 Å². The number of hydrogen-bond donors (Lipinski definition) is 3. The Balaban J connectivity index is 1.41. The maximum Gasteiger partial charge on any atom is 0.414 e. The summed E-state index contributed by atoms with van der Waals surface area (Å²) < 4.78 is 20.1. The lowest BCUT2D eigenvalue weighted by molar-refractivity contribution is -0.119. The van der Waals surface area contributed by atoms with Crippen LogP contribution < -0.4 is 26.4 Å². The second-order valence-corrected chi connectivity index (χ2v) is 7.60. The van der Waals surface area contributed by atoms with Crippen molar-refractivity contribution in [2.24, 2.45) is 5.10 Å². The van der Waals surface area contributed by atoms with Crippen LogP contribution in [0.25, 0.3) is 0 Å². The largest absolute Gasteiger partial charge is 0.442 e. The number of halogens is 1. The molecular formula is C20H22FN7O5. The lowest BCUT2D eigenvalue weighted by Gasteiger charge is -2.30. The van der Waals surface area contributed by atoms with Crippen LogP contribution >= 0.6 is 0 Å². The number of aromatic nitrogens is 2. The zero-order valence-electron chi connectivity index (χ0n) is 17.7. The van der Waals surface area contributed by atoms with E-state index in [0.29, 0.717) is 24.3 Å². The van der Waals surface area contributed by atoms with Crippen LogP contribution in [0, 0.1) is 5.82 Å². The first-order valence-electron chi connectivity index (χ1n) is 10.2. The molecule has 2 aromatic rings. The van der Waals surface area contributed by atoms with E-state index in [-0.39, 0.29) is 31.2 Å². The fraction of sp³-hybridized carbons (Fsp3) is 0.350. The highest BCUT2D eigenvalue weighted by molar-refractivity contribution is 5.90. The molecule has 1 aromatic heterocycles. The number of rotatable bonds is 6. The molecule has 1 saturated heterocycles. The third kappa shape index (κ3) is 5.02. The highest BCUT2D eigenvalue weighted by atomic mass is 19.1. The summed E-state index contributed by atoms with van der Waals surface area (Å²) in [6, 6.07) is 4.41. The molecule has 2 aliphatic heterocycles. The first-order chi connectivity index (χ1) is 15.8. The van der Waals surface area contributed by atoms with Crippen molar-refractivity contribution in [3.63, 3.8) is 0 Å². The standard InChI is InChI=1S/C20H22FN7O5/c1-12(29)22-8-15-10-28(20(32)33-15)14-2-3-17(16(21)6-14)26-4-5-27(24-11-26)9-13-7-23-19(31)25-18(13)30/h2-3,6-7,11,15H,4-5,8-10H2,1H3,(H,22,29)(H2,23,25,30,31)/t15-/m0/s1. The van der Waals surface area contributed by atoms with Crippen molar-refractivity contribution >= 4 is 29.7 Å². The van der Waals surface area contributed by atoms with Crippen LogP contribution in [0.3, 0.4) is 0 Å². The topological polar surface area (TPSA) is 143 Å². The Morgan fingerprint density at radius 2 is 2.12 bits per heavy atom. The molecule has 3 N–H and O–H groups in total. The molecule has 4 rings (SSSR count). The molecule has 0 spiro atoms. The van der Waals surface area contributed by atoms with Crippen molar-refractivity contribution in [2.45, 2.75) is 19.6 Å². The minimum absolute atomic E-state index is 0.184. The van der Waals surface area contributed by atoms with Crippen LogP contribution in [0.4, 0.5) is 20.6 Å². The first kappa shape index (κ1) is 22.0. The molecule has 0 aliphatic carbocycles. The van der Waals surface area contributed by atoms with Crippen molar-refractivity contribution in [3.8, 4) is 0 Å². The number of cyclic esters (lactones) is 1. The summed E-state index contributed by atoms with van der Waals surface area (Å²) in [4.78, 5) is 53.6. The van der Waals surface area contributed by atoms with Crippen molar-refractivity contribution in [1.29, 1.82) is 0 Å². The second kappa shape index (κ2) is 9.14. The van der Waals surface area contributed by atoms with Crippen molar-refractivity contribution in [1.82, 2.24) is 20.3 Å². The van der Waals surface area contributed by atoms with Crippen molar-refractivity contribution in [2.75, 3.05) is 36.0 Å². The summed E-state index contributed by atoms with van der Waals surface area (Å²) in [7, 11) is 0. The van der Waals surface area contributed by atoms with Gasteiger partial charge in [-0.15, -0.1) is 0 Å². The van der Waals surface area contributed by atoms with Gasteiger partial charge in [0.15, 0.2) is 0 Å². The van der Waals surface area contributed by atoms with Gasteiger partial charge < -0.3 is 19.9 Å². The van der Waals surface area contributed by atoms with E-state index in [1.807, 2.05) is 0 Å². The van der Waals surface area contributed by atoms with Crippen LogP contribution in [0.5, 0.6) is 0 Å². The minimum Gasteiger partial charge on any atom is -0.442 e. The number of anilines is 2. The van der Waals surface area contributed by atoms with Gasteiger partial charge in [-0.05, 0) is 18.2 Å². The number of hydrazone groups is 1. The normalized spacial score (nSPS) is 17.9. The maximum absolute atomic E-state index is 14.9. The molecule has 3 heterocycles. The molecule has 0 unspecified atom stereocenters. The quantitative estimate of drug-likeness (QED) is 0.549. The summed E-state index contributed by atoms with van der Waals surface area (Å²) in [6.45, 7) is 2.76. The van der Waals surface area contributed by atoms with Crippen LogP contribution in [0.15, 0.2) is 39.1 Å². The lowest BCUT2D eigenvalue weighted by atomic mass is 10.2. The Bertz CT molecular complexity index is 1210. The van der Waals surface area contributed by atoms with Gasteiger partial charge in [-0.2, -0.15) is 5.10 Å². The third-order valence-electron chi connectivity index (χ3n) is 5.21. The second-order valence-electron chi connectivity index (χ2n) is 7.60. The van der Waals surface area contributed by atoms with E-state index in [4.69, 9.17) is 4.74 Å². The smallest absolute Gasteiger partial charge is 0.414 e. The fourth-order valence-electron chi connectivity index (χ4n) is 3.52. The number of nitrogens with zero attached hydrogens (tertiary/aromatic N) is 4. The fourth-order valence-corrected chi connectivity index (χ4v) is 3.52. The molecule has 0 radical (unpaired) electrons. The molecular weight excluding hydrogens is 437 g/mol. The number of aromatic amines is 2. The molecule has 174 valence electrons. The first-order valence-corrected chi connectivity index (χ1v) is 10.2. The highest BCUT2D eigenvalue weighted by Gasteiger charge is 2.33. The summed E-state index contributed by atoms with van der Waals surface area (Å²) >= 11 is 0. The zero-order chi connectivity index (χ0) is 23.5. The van der Waals surface area contributed by atoms with E-state index in [9.17, 15) is 23.6 Å². The van der Waals surface area contributed by atoms with Gasteiger partial charge in [0, 0.05) is 19.7 Å². The number of benzene rings is 1. The predicted molar refractivity (Wildman–Crippen MR) is 117 cm³/mol. The van der Waals surface area contributed by atoms with Crippen LogP contribution in [0.1, 0.15) is 12.5 Å². The molecule has 33 heavy (non-hydrogen) atoms. The molecule has 1 fully saturated rings. The highest BCUT2D eigenvalue weighted by Crippen LogP contribution is 2.28. The van der Waals surface area contributed by atoms with Gasteiger partial charge in [-0.25, -0.2) is 14.0 Å². The molecule has 13 heteroatoms. The molecule has 1 aromatic carbocycles. The summed E-state index contributed by atoms with van der Waals surface area (Å²) in [5.74, 6) is -0.769. The summed E-state index contributed by atoms with van der Waals surface area (Å²) in [6.07, 6.45) is 1.67. The SMILES string of the molecule is CC(=O)NC[C@H]1CN(c2ccc(N3C=NN(Cc4c[nH]c(=O)[nH]c4=O)CC3)c(F)c2)C(=O)O1. The Hall–Kier alpha value is -4.16. The van der Waals surface area contributed by atoms with Crippen molar-refractivity contribution in [3.05, 3.63) is 56.6 Å². The number of nitrogens with one attached hydrogen (secondary N) is 3. The van der Waals surface area contributed by atoms with Gasteiger partial charge in [-0.3, -0.25) is 24.5 Å². The van der Waals surface area contributed by atoms with Gasteiger partial charge in [-0.1, -0.05) is 0 Å².